The van der Waals surface area contributed by atoms with Crippen LogP contribution in [0.4, 0.5) is 0 Å². The number of nitrogens with zero attached hydrogens (tertiary/aromatic N) is 3. The Labute approximate surface area is 386 Å². The van der Waals surface area contributed by atoms with Crippen LogP contribution in [0.2, 0.25) is 0 Å². The SMILES string of the molecule is CC(C)(C)c1ccnc(-c2ccccc2-c2cccc3c2-[n+]2[c-]n(-c4[c-]c(Oc5[c-]c6oc7ccccc7c6cc5)ccc4)c4cccc(c42)-c2ccccc2-c2ccccc2-3)c1.[Pt]. The first-order valence-electron chi connectivity index (χ1n) is 21.3. The number of para-hydroxylation sites is 3. The van der Waals surface area contributed by atoms with E-state index in [0.717, 1.165) is 83.4 Å². The molecule has 1 aliphatic heterocycles. The first-order valence-corrected chi connectivity index (χ1v) is 21.3. The Kier molecular flexibility index (Phi) is 9.56. The Hall–Kier alpha value is -7.33. The summed E-state index contributed by atoms with van der Waals surface area (Å²) in [6, 6.07) is 68.6. The number of ether oxygens (including phenoxy) is 1. The zero-order chi connectivity index (χ0) is 42.2. The second-order valence-electron chi connectivity index (χ2n) is 17.1. The van der Waals surface area contributed by atoms with Crippen LogP contribution in [-0.4, -0.2) is 9.55 Å². The van der Waals surface area contributed by atoms with Crippen molar-refractivity contribution >= 4 is 33.0 Å². The van der Waals surface area contributed by atoms with Gasteiger partial charge in [-0.05, 0) is 84.8 Å². The Bertz CT molecular complexity index is 3610. The summed E-state index contributed by atoms with van der Waals surface area (Å²) in [5.41, 5.74) is 17.5. The normalized spacial score (nSPS) is 11.9. The van der Waals surface area contributed by atoms with Gasteiger partial charge in [-0.15, -0.1) is 18.2 Å². The van der Waals surface area contributed by atoms with E-state index in [4.69, 9.17) is 14.1 Å². The monoisotopic (exact) mass is 1000 g/mol. The third-order valence-corrected chi connectivity index (χ3v) is 12.3. The summed E-state index contributed by atoms with van der Waals surface area (Å²) in [7, 11) is 0. The number of furan rings is 1. The summed E-state index contributed by atoms with van der Waals surface area (Å²) in [5, 5.41) is 2.05. The molecule has 4 heterocycles. The van der Waals surface area contributed by atoms with Crippen LogP contribution in [0, 0.1) is 18.5 Å². The maximum absolute atomic E-state index is 6.47. The summed E-state index contributed by atoms with van der Waals surface area (Å²) in [6.45, 7) is 6.74. The standard InChI is InChI=1S/C58H39N3O2.Pt/c1-58(2,3)37-31-32-59-52(33-37)46-22-9-8-21-45(46)50-25-13-24-49-43-19-6-4-17-41(43)42-18-5-7-20-44(42)51-26-14-27-53-57(51)61(56(49)50)36-60(53)38-15-12-16-39(34-38)62-40-29-30-48-47-23-10-11-28-54(47)63-55(48)35-40;/h4-33H,1-3H3;/q-2;. The van der Waals surface area contributed by atoms with Crippen LogP contribution < -0.4 is 9.30 Å². The molecule has 0 amide bonds. The van der Waals surface area contributed by atoms with E-state index in [-0.39, 0.29) is 26.5 Å². The zero-order valence-electron chi connectivity index (χ0n) is 35.3. The van der Waals surface area contributed by atoms with E-state index in [9.17, 15) is 0 Å². The van der Waals surface area contributed by atoms with Gasteiger partial charge < -0.3 is 13.7 Å². The number of rotatable bonds is 5. The van der Waals surface area contributed by atoms with Crippen LogP contribution in [0.3, 0.4) is 0 Å². The number of aromatic nitrogens is 3. The molecular formula is C58H39N3O2Pt-2. The third kappa shape index (κ3) is 6.50. The number of hydrogen-bond acceptors (Lipinski definition) is 3. The number of imidazole rings is 1. The summed E-state index contributed by atoms with van der Waals surface area (Å²) in [5.74, 6) is 1.10. The summed E-state index contributed by atoms with van der Waals surface area (Å²) in [4.78, 5) is 4.97. The second-order valence-corrected chi connectivity index (χ2v) is 17.1. The van der Waals surface area contributed by atoms with Crippen molar-refractivity contribution in [3.8, 4) is 78.6 Å². The minimum atomic E-state index is -0.0333. The molecule has 310 valence electrons. The minimum absolute atomic E-state index is 0. The Morgan fingerprint density at radius 1 is 0.547 bits per heavy atom. The molecule has 0 saturated heterocycles. The van der Waals surface area contributed by atoms with Crippen LogP contribution in [0.5, 0.6) is 11.5 Å². The molecule has 0 atom stereocenters. The molecule has 1 aliphatic rings. The quantitative estimate of drug-likeness (QED) is 0.127. The molecule has 0 spiro atoms. The van der Waals surface area contributed by atoms with Gasteiger partial charge in [-0.2, -0.15) is 18.2 Å². The van der Waals surface area contributed by atoms with Crippen molar-refractivity contribution in [1.29, 1.82) is 0 Å². The van der Waals surface area contributed by atoms with Gasteiger partial charge in [-0.1, -0.05) is 160 Å². The fourth-order valence-electron chi connectivity index (χ4n) is 9.26. The van der Waals surface area contributed by atoms with Gasteiger partial charge in [0.15, 0.2) is 0 Å². The van der Waals surface area contributed by atoms with Gasteiger partial charge in [0.05, 0.1) is 22.4 Å². The first kappa shape index (κ1) is 39.5. The molecule has 0 saturated carbocycles. The number of benzene rings is 8. The fraction of sp³-hybridized carbons (Fsp3) is 0.0690. The maximum Gasteiger partial charge on any atom is 0.268 e. The molecule has 64 heavy (non-hydrogen) atoms. The Balaban J connectivity index is 0.00000456. The van der Waals surface area contributed by atoms with E-state index in [2.05, 4.69) is 182 Å². The van der Waals surface area contributed by atoms with Crippen molar-refractivity contribution in [3.63, 3.8) is 0 Å². The molecule has 0 N–H and O–H groups in total. The summed E-state index contributed by atoms with van der Waals surface area (Å²) in [6.07, 6.45) is 5.83. The predicted octanol–water partition coefficient (Wildman–Crippen LogP) is 14.3. The number of pyridine rings is 1. The van der Waals surface area contributed by atoms with Gasteiger partial charge in [0.25, 0.3) is 6.33 Å². The van der Waals surface area contributed by atoms with Crippen LogP contribution >= 0.6 is 0 Å². The smallest absolute Gasteiger partial charge is 0.268 e. The van der Waals surface area contributed by atoms with E-state index >= 15 is 0 Å². The van der Waals surface area contributed by atoms with Gasteiger partial charge in [-0.3, -0.25) is 9.55 Å². The van der Waals surface area contributed by atoms with Crippen molar-refractivity contribution in [2.45, 2.75) is 26.2 Å². The van der Waals surface area contributed by atoms with Gasteiger partial charge in [0.2, 0.25) is 0 Å². The Morgan fingerprint density at radius 2 is 1.12 bits per heavy atom. The molecule has 0 bridgehead atoms. The fourth-order valence-corrected chi connectivity index (χ4v) is 9.26. The van der Waals surface area contributed by atoms with Gasteiger partial charge in [0, 0.05) is 49.9 Å². The average molecular weight is 1010 g/mol. The van der Waals surface area contributed by atoms with E-state index in [1.54, 1.807) is 0 Å². The molecule has 0 radical (unpaired) electrons. The molecule has 0 unspecified atom stereocenters. The number of hydrogen-bond donors (Lipinski definition) is 0. The predicted molar refractivity (Wildman–Crippen MR) is 252 cm³/mol. The number of fused-ring (bicyclic) bond motifs is 10. The Morgan fingerprint density at radius 3 is 1.86 bits per heavy atom. The zero-order valence-corrected chi connectivity index (χ0v) is 37.6. The molecule has 6 heteroatoms. The van der Waals surface area contributed by atoms with Crippen molar-refractivity contribution in [3.05, 3.63) is 206 Å². The van der Waals surface area contributed by atoms with Crippen molar-refractivity contribution in [2.24, 2.45) is 0 Å². The molecular weight excluding hydrogens is 966 g/mol. The van der Waals surface area contributed by atoms with Gasteiger partial charge in [0.1, 0.15) is 5.58 Å². The molecule has 3 aromatic heterocycles. The van der Waals surface area contributed by atoms with Crippen LogP contribution in [-0.2, 0) is 26.5 Å². The van der Waals surface area contributed by atoms with Crippen molar-refractivity contribution < 1.29 is 34.8 Å². The second kappa shape index (κ2) is 15.5. The largest absolute Gasteiger partial charge is 0.510 e. The molecule has 0 fully saturated rings. The van der Waals surface area contributed by atoms with E-state index in [1.165, 1.54) is 16.7 Å². The van der Waals surface area contributed by atoms with Crippen LogP contribution in [0.25, 0.3) is 100 Å². The summed E-state index contributed by atoms with van der Waals surface area (Å²) < 4.78 is 17.0. The van der Waals surface area contributed by atoms with Gasteiger partial charge >= 0.3 is 0 Å². The van der Waals surface area contributed by atoms with Crippen LogP contribution in [0.1, 0.15) is 26.3 Å². The van der Waals surface area contributed by atoms with E-state index < -0.39 is 0 Å². The first-order chi connectivity index (χ1) is 30.9. The minimum Gasteiger partial charge on any atom is -0.510 e. The molecule has 12 rings (SSSR count). The maximum atomic E-state index is 6.47. The third-order valence-electron chi connectivity index (χ3n) is 12.3. The van der Waals surface area contributed by atoms with Gasteiger partial charge in [-0.25, -0.2) is 0 Å². The topological polar surface area (TPSA) is 44.1 Å². The molecule has 11 aromatic rings. The molecule has 5 nitrogen and oxygen atoms in total. The van der Waals surface area contributed by atoms with Crippen LogP contribution in [0.15, 0.2) is 187 Å². The van der Waals surface area contributed by atoms with E-state index in [0.29, 0.717) is 17.1 Å². The van der Waals surface area contributed by atoms with Crippen molar-refractivity contribution in [1.82, 2.24) is 9.55 Å². The molecule has 8 aromatic carbocycles. The van der Waals surface area contributed by atoms with E-state index in [1.807, 2.05) is 48.7 Å². The van der Waals surface area contributed by atoms with Crippen molar-refractivity contribution in [2.75, 3.05) is 0 Å². The molecule has 0 aliphatic carbocycles. The summed E-state index contributed by atoms with van der Waals surface area (Å²) >= 11 is 0. The average Bonchev–Trinajstić information content (AvgIpc) is 3.90.